The lowest BCUT2D eigenvalue weighted by molar-refractivity contribution is -0.274. The molecular formula is C14H18F3N3O2. The van der Waals surface area contributed by atoms with Crippen molar-refractivity contribution < 1.29 is 22.7 Å². The van der Waals surface area contributed by atoms with E-state index in [2.05, 4.69) is 15.5 Å². The fourth-order valence-corrected chi connectivity index (χ4v) is 2.11. The third-order valence-electron chi connectivity index (χ3n) is 3.53. The number of rotatable bonds is 6. The molecule has 0 amide bonds. The van der Waals surface area contributed by atoms with Gasteiger partial charge in [-0.05, 0) is 32.5 Å². The van der Waals surface area contributed by atoms with Gasteiger partial charge in [-0.25, -0.2) is 0 Å². The van der Waals surface area contributed by atoms with E-state index < -0.39 is 24.0 Å². The van der Waals surface area contributed by atoms with Crippen LogP contribution >= 0.6 is 0 Å². The second-order valence-corrected chi connectivity index (χ2v) is 5.22. The van der Waals surface area contributed by atoms with Gasteiger partial charge in [0.1, 0.15) is 11.5 Å². The summed E-state index contributed by atoms with van der Waals surface area (Å²) < 4.78 is 44.6. The van der Waals surface area contributed by atoms with E-state index in [4.69, 9.17) is 4.42 Å². The average Bonchev–Trinajstić information content (AvgIpc) is 3.02. The molecule has 0 aliphatic carbocycles. The van der Waals surface area contributed by atoms with Crippen LogP contribution in [0.15, 0.2) is 22.7 Å². The second kappa shape index (κ2) is 6.13. The maximum Gasteiger partial charge on any atom is 0.424 e. The molecule has 5 nitrogen and oxygen atoms in total. The zero-order valence-electron chi connectivity index (χ0n) is 12.3. The summed E-state index contributed by atoms with van der Waals surface area (Å²) >= 11 is 0. The largest absolute Gasteiger partial charge is 0.463 e. The Bertz CT molecular complexity index is 621. The molecule has 2 aromatic rings. The number of aryl methyl sites for hydroxylation is 2. The number of alkyl halides is 3. The van der Waals surface area contributed by atoms with E-state index in [1.54, 1.807) is 6.20 Å². The number of aromatic nitrogens is 2. The molecule has 0 unspecified atom stereocenters. The molecule has 0 aliphatic rings. The van der Waals surface area contributed by atoms with Crippen LogP contribution in [0.3, 0.4) is 0 Å². The van der Waals surface area contributed by atoms with Gasteiger partial charge in [0.25, 0.3) is 0 Å². The minimum Gasteiger partial charge on any atom is -0.463 e. The summed E-state index contributed by atoms with van der Waals surface area (Å²) in [4.78, 5) is 0. The zero-order chi connectivity index (χ0) is 16.4. The highest BCUT2D eigenvalue weighted by Gasteiger charge is 2.56. The van der Waals surface area contributed by atoms with Gasteiger partial charge in [-0.2, -0.15) is 18.3 Å². The van der Waals surface area contributed by atoms with Crippen LogP contribution in [0.1, 0.15) is 29.2 Å². The number of H-pyrrole nitrogens is 1. The van der Waals surface area contributed by atoms with Crippen molar-refractivity contribution in [3.8, 4) is 0 Å². The number of nitrogens with zero attached hydrogens (tertiary/aromatic N) is 1. The van der Waals surface area contributed by atoms with E-state index in [1.165, 1.54) is 13.0 Å². The zero-order valence-corrected chi connectivity index (χ0v) is 12.3. The number of aliphatic hydroxyl groups is 1. The van der Waals surface area contributed by atoms with E-state index in [1.807, 2.05) is 6.92 Å². The summed E-state index contributed by atoms with van der Waals surface area (Å²) in [5.41, 5.74) is -1.29. The van der Waals surface area contributed by atoms with Gasteiger partial charge in [-0.3, -0.25) is 5.10 Å². The molecule has 8 heteroatoms. The van der Waals surface area contributed by atoms with Crippen molar-refractivity contribution in [2.75, 3.05) is 6.54 Å². The third-order valence-corrected chi connectivity index (χ3v) is 3.53. The number of nitrogens with one attached hydrogen (secondary N) is 2. The van der Waals surface area contributed by atoms with Gasteiger partial charge >= 0.3 is 6.18 Å². The molecule has 2 aromatic heterocycles. The van der Waals surface area contributed by atoms with E-state index in [9.17, 15) is 18.3 Å². The van der Waals surface area contributed by atoms with Crippen molar-refractivity contribution in [1.82, 2.24) is 15.5 Å². The van der Waals surface area contributed by atoms with Crippen LogP contribution in [-0.4, -0.2) is 28.0 Å². The standard InChI is InChI=1S/C14H18F3N3O2/c1-9-3-4-12(22-9)13(21,14(15,16)17)5-6-18-7-11-8-19-20-10(11)2/h3-4,8,18,21H,5-7H2,1-2H3,(H,19,20)/t13-/m1/s1. The van der Waals surface area contributed by atoms with Crippen LogP contribution in [0.5, 0.6) is 0 Å². The van der Waals surface area contributed by atoms with Crippen LogP contribution in [-0.2, 0) is 12.1 Å². The lowest BCUT2D eigenvalue weighted by atomic mass is 9.95. The topological polar surface area (TPSA) is 74.1 Å². The van der Waals surface area contributed by atoms with E-state index >= 15 is 0 Å². The summed E-state index contributed by atoms with van der Waals surface area (Å²) in [6, 6.07) is 2.55. The maximum absolute atomic E-state index is 13.2. The fraction of sp³-hybridized carbons (Fsp3) is 0.500. The molecule has 0 spiro atoms. The smallest absolute Gasteiger partial charge is 0.424 e. The number of furan rings is 1. The molecule has 0 fully saturated rings. The van der Waals surface area contributed by atoms with Crippen LogP contribution in [0.4, 0.5) is 13.2 Å². The van der Waals surface area contributed by atoms with Gasteiger partial charge in [0.05, 0.1) is 6.20 Å². The predicted octanol–water partition coefficient (Wildman–Crippen LogP) is 2.55. The van der Waals surface area contributed by atoms with Gasteiger partial charge in [0, 0.05) is 24.2 Å². The molecule has 0 aliphatic heterocycles. The maximum atomic E-state index is 13.2. The van der Waals surface area contributed by atoms with Gasteiger partial charge < -0.3 is 14.8 Å². The van der Waals surface area contributed by atoms with Gasteiger partial charge in [0.2, 0.25) is 5.60 Å². The number of hydrogen-bond acceptors (Lipinski definition) is 4. The van der Waals surface area contributed by atoms with Crippen LogP contribution in [0, 0.1) is 13.8 Å². The summed E-state index contributed by atoms with van der Waals surface area (Å²) in [6.45, 7) is 3.69. The van der Waals surface area contributed by atoms with Crippen LogP contribution < -0.4 is 5.32 Å². The second-order valence-electron chi connectivity index (χ2n) is 5.22. The summed E-state index contributed by atoms with van der Waals surface area (Å²) in [6.07, 6.45) is -3.75. The third kappa shape index (κ3) is 3.33. The lowest BCUT2D eigenvalue weighted by Crippen LogP contribution is -2.44. The molecule has 122 valence electrons. The first-order valence-electron chi connectivity index (χ1n) is 6.79. The first-order valence-corrected chi connectivity index (χ1v) is 6.79. The van der Waals surface area contributed by atoms with Crippen molar-refractivity contribution in [2.45, 2.75) is 38.6 Å². The van der Waals surface area contributed by atoms with Crippen molar-refractivity contribution in [1.29, 1.82) is 0 Å². The molecule has 3 N–H and O–H groups in total. The number of aromatic amines is 1. The minimum absolute atomic E-state index is 0.0274. The Hall–Kier alpha value is -1.80. The first-order chi connectivity index (χ1) is 10.2. The fourth-order valence-electron chi connectivity index (χ4n) is 2.11. The predicted molar refractivity (Wildman–Crippen MR) is 73.0 cm³/mol. The Morgan fingerprint density at radius 1 is 1.32 bits per heavy atom. The normalized spacial score (nSPS) is 15.0. The van der Waals surface area contributed by atoms with E-state index in [-0.39, 0.29) is 6.54 Å². The van der Waals surface area contributed by atoms with Crippen LogP contribution in [0.2, 0.25) is 0 Å². The van der Waals surface area contributed by atoms with Gasteiger partial charge in [0.15, 0.2) is 0 Å². The van der Waals surface area contributed by atoms with Crippen molar-refractivity contribution in [3.63, 3.8) is 0 Å². The van der Waals surface area contributed by atoms with E-state index in [0.29, 0.717) is 12.3 Å². The number of halogens is 3. The Balaban J connectivity index is 2.01. The van der Waals surface area contributed by atoms with Crippen LogP contribution in [0.25, 0.3) is 0 Å². The molecule has 2 rings (SSSR count). The Morgan fingerprint density at radius 2 is 2.05 bits per heavy atom. The Labute approximate surface area is 125 Å². The summed E-state index contributed by atoms with van der Waals surface area (Å²) in [5.74, 6) is -0.168. The lowest BCUT2D eigenvalue weighted by Gasteiger charge is -2.28. The van der Waals surface area contributed by atoms with Crippen molar-refractivity contribution >= 4 is 0 Å². The van der Waals surface area contributed by atoms with Gasteiger partial charge in [-0.15, -0.1) is 0 Å². The highest BCUT2D eigenvalue weighted by atomic mass is 19.4. The minimum atomic E-state index is -4.81. The molecule has 0 saturated carbocycles. The first kappa shape index (κ1) is 16.6. The molecule has 0 radical (unpaired) electrons. The molecule has 0 bridgehead atoms. The summed E-state index contributed by atoms with van der Waals surface area (Å²) in [7, 11) is 0. The highest BCUT2D eigenvalue weighted by molar-refractivity contribution is 5.16. The Morgan fingerprint density at radius 3 is 2.55 bits per heavy atom. The molecule has 22 heavy (non-hydrogen) atoms. The van der Waals surface area contributed by atoms with E-state index in [0.717, 1.165) is 17.3 Å². The molecule has 1 atom stereocenters. The Kier molecular flexibility index (Phi) is 4.62. The van der Waals surface area contributed by atoms with Crippen molar-refractivity contribution in [2.24, 2.45) is 0 Å². The van der Waals surface area contributed by atoms with Crippen molar-refractivity contribution in [3.05, 3.63) is 41.1 Å². The van der Waals surface area contributed by atoms with Gasteiger partial charge in [-0.1, -0.05) is 0 Å². The molecule has 0 aromatic carbocycles. The molecule has 2 heterocycles. The highest BCUT2D eigenvalue weighted by Crippen LogP contribution is 2.41. The molecular weight excluding hydrogens is 299 g/mol. The quantitative estimate of drug-likeness (QED) is 0.716. The average molecular weight is 317 g/mol. The monoisotopic (exact) mass is 317 g/mol. The molecule has 0 saturated heterocycles. The number of hydrogen-bond donors (Lipinski definition) is 3. The summed E-state index contributed by atoms with van der Waals surface area (Å²) in [5, 5.41) is 19.5. The SMILES string of the molecule is Cc1ccc([C@](O)(CCNCc2cn[nH]c2C)C(F)(F)F)o1.